The SMILES string of the molecule is CC(C)(C)OCCCCCCC1(C)C2(C=Cc3ccccc32)CC12C=C(CC1CCCO1)c1ccccc12.CC1=Cc2c(-c3ccccc3)cccc2C12CC1(C(C)=C(C)C(C)=C1C)C2(C)CCCCCCOC(C)(C)C.CC1=Cc2c(-c3ccccc3)cccc2C12CC1(C=Cc3c(-c4ccccc4)cccc31)C2(C)CCCCCCOC(C)(C)C. The molecule has 1 saturated heterocycles. The molecule has 1 aliphatic heterocycles. The summed E-state index contributed by atoms with van der Waals surface area (Å²) in [7, 11) is 0. The molecule has 6 spiro atoms. The lowest BCUT2D eigenvalue weighted by atomic mass is 9.31. The van der Waals surface area contributed by atoms with Crippen LogP contribution in [0.2, 0.25) is 0 Å². The fourth-order valence-electron chi connectivity index (χ4n) is 26.4. The Balaban J connectivity index is 0.000000136. The van der Waals surface area contributed by atoms with Gasteiger partial charge in [0.25, 0.3) is 0 Å². The summed E-state index contributed by atoms with van der Waals surface area (Å²) in [5.74, 6) is 0. The highest BCUT2D eigenvalue weighted by atomic mass is 16.5. The molecule has 0 amide bonds. The smallest absolute Gasteiger partial charge is 0.0616 e. The van der Waals surface area contributed by atoms with Gasteiger partial charge in [0, 0.05) is 58.9 Å². The quantitative estimate of drug-likeness (QED) is 0.0506. The maximum atomic E-state index is 6.11. The van der Waals surface area contributed by atoms with Gasteiger partial charge in [-0.2, -0.15) is 0 Å². The Morgan fingerprint density at radius 1 is 0.352 bits per heavy atom. The van der Waals surface area contributed by atoms with Gasteiger partial charge in [0.05, 0.1) is 22.9 Å². The van der Waals surface area contributed by atoms with Crippen LogP contribution in [0.4, 0.5) is 0 Å². The lowest BCUT2D eigenvalue weighted by molar-refractivity contribution is -0.0953. The van der Waals surface area contributed by atoms with Crippen molar-refractivity contribution in [1.82, 2.24) is 0 Å². The number of hydrogen-bond donors (Lipinski definition) is 0. The van der Waals surface area contributed by atoms with Crippen molar-refractivity contribution in [2.45, 2.75) is 309 Å². The van der Waals surface area contributed by atoms with Gasteiger partial charge in [0.2, 0.25) is 0 Å². The van der Waals surface area contributed by atoms with Crippen molar-refractivity contribution in [2.24, 2.45) is 21.7 Å². The van der Waals surface area contributed by atoms with Crippen molar-refractivity contribution in [3.05, 3.63) is 301 Å². The maximum Gasteiger partial charge on any atom is 0.0616 e. The number of allylic oxidation sites excluding steroid dienone is 9. The molecule has 3 saturated carbocycles. The molecule has 8 aromatic rings. The second kappa shape index (κ2) is 33.9. The highest BCUT2D eigenvalue weighted by Crippen LogP contribution is 2.83. The van der Waals surface area contributed by atoms with Gasteiger partial charge in [0.1, 0.15) is 0 Å². The van der Waals surface area contributed by atoms with Crippen LogP contribution in [0.5, 0.6) is 0 Å². The minimum atomic E-state index is -0.0582. The second-order valence-corrected chi connectivity index (χ2v) is 42.4. The summed E-state index contributed by atoms with van der Waals surface area (Å²) >= 11 is 0. The largest absolute Gasteiger partial charge is 0.378 e. The van der Waals surface area contributed by atoms with E-state index in [0.717, 1.165) is 58.5 Å². The summed E-state index contributed by atoms with van der Waals surface area (Å²) in [4.78, 5) is 0. The number of fused-ring (bicyclic) bond motifs is 10. The monoisotopic (exact) mass is 1630 g/mol. The minimum Gasteiger partial charge on any atom is -0.378 e. The van der Waals surface area contributed by atoms with Gasteiger partial charge in [-0.3, -0.25) is 0 Å². The van der Waals surface area contributed by atoms with E-state index in [-0.39, 0.29) is 65.5 Å². The molecule has 640 valence electrons. The van der Waals surface area contributed by atoms with Gasteiger partial charge in [-0.05, 0) is 303 Å². The van der Waals surface area contributed by atoms with Crippen molar-refractivity contribution in [1.29, 1.82) is 0 Å². The molecule has 4 heteroatoms. The average molecular weight is 1630 g/mol. The summed E-state index contributed by atoms with van der Waals surface area (Å²) in [6.45, 7) is 45.2. The normalized spacial score (nSPS) is 26.9. The molecule has 18 rings (SSSR count). The van der Waals surface area contributed by atoms with Gasteiger partial charge in [-0.1, -0.05) is 338 Å². The molecule has 4 fully saturated rings. The van der Waals surface area contributed by atoms with Crippen LogP contribution in [0.3, 0.4) is 0 Å². The Morgan fingerprint density at radius 2 is 0.754 bits per heavy atom. The van der Waals surface area contributed by atoms with E-state index in [1.54, 1.807) is 33.4 Å². The number of hydrogen-bond acceptors (Lipinski definition) is 4. The third kappa shape index (κ3) is 14.7. The summed E-state index contributed by atoms with van der Waals surface area (Å²) in [6, 6.07) is 72.5. The van der Waals surface area contributed by atoms with E-state index < -0.39 is 0 Å². The molecular weight excluding hydrogens is 1480 g/mol. The molecule has 4 nitrogen and oxygen atoms in total. The predicted molar refractivity (Wildman–Crippen MR) is 518 cm³/mol. The van der Waals surface area contributed by atoms with Crippen LogP contribution in [-0.4, -0.2) is 49.3 Å². The van der Waals surface area contributed by atoms with Crippen molar-refractivity contribution >= 4 is 29.9 Å². The second-order valence-electron chi connectivity index (χ2n) is 42.4. The van der Waals surface area contributed by atoms with Crippen molar-refractivity contribution in [3.8, 4) is 33.4 Å². The van der Waals surface area contributed by atoms with Crippen molar-refractivity contribution in [2.75, 3.05) is 26.4 Å². The number of rotatable bonds is 26. The maximum absolute atomic E-state index is 6.11. The molecular formula is C118H144O4. The van der Waals surface area contributed by atoms with Crippen LogP contribution in [0.25, 0.3) is 63.3 Å². The Hall–Kier alpha value is -8.22. The molecule has 10 aliphatic rings. The van der Waals surface area contributed by atoms with Crippen molar-refractivity contribution in [3.63, 3.8) is 0 Å². The van der Waals surface area contributed by atoms with Crippen LogP contribution in [0.1, 0.15) is 315 Å². The van der Waals surface area contributed by atoms with Gasteiger partial charge < -0.3 is 18.9 Å². The number of unbranched alkanes of at least 4 members (excludes halogenated alkanes) is 9. The molecule has 9 aliphatic carbocycles. The van der Waals surface area contributed by atoms with Crippen LogP contribution >= 0.6 is 0 Å². The van der Waals surface area contributed by atoms with E-state index in [1.807, 2.05) is 0 Å². The van der Waals surface area contributed by atoms with Gasteiger partial charge in [-0.25, -0.2) is 0 Å². The van der Waals surface area contributed by atoms with Gasteiger partial charge in [-0.15, -0.1) is 0 Å². The fraction of sp³-hybridized carbons (Fsp3) is 0.475. The Kier molecular flexibility index (Phi) is 24.3. The molecule has 9 atom stereocenters. The molecule has 0 bridgehead atoms. The third-order valence-electron chi connectivity index (χ3n) is 32.9. The fourth-order valence-corrected chi connectivity index (χ4v) is 26.4. The van der Waals surface area contributed by atoms with Gasteiger partial charge in [0.15, 0.2) is 0 Å². The lowest BCUT2D eigenvalue weighted by Crippen LogP contribution is -2.68. The van der Waals surface area contributed by atoms with Crippen LogP contribution in [-0.2, 0) is 46.0 Å². The van der Waals surface area contributed by atoms with E-state index in [9.17, 15) is 0 Å². The van der Waals surface area contributed by atoms with Crippen LogP contribution in [0, 0.1) is 21.7 Å². The summed E-state index contributed by atoms with van der Waals surface area (Å²) in [5, 5.41) is 0. The highest BCUT2D eigenvalue weighted by molar-refractivity contribution is 5.89. The molecule has 0 aromatic heterocycles. The molecule has 1 heterocycles. The van der Waals surface area contributed by atoms with E-state index in [0.29, 0.717) is 6.10 Å². The highest BCUT2D eigenvalue weighted by Gasteiger charge is 2.77. The minimum absolute atomic E-state index is 0.0158. The van der Waals surface area contributed by atoms with Crippen LogP contribution in [0.15, 0.2) is 246 Å². The zero-order chi connectivity index (χ0) is 85.9. The van der Waals surface area contributed by atoms with E-state index in [2.05, 4.69) is 361 Å². The topological polar surface area (TPSA) is 36.9 Å². The summed E-state index contributed by atoms with van der Waals surface area (Å²) in [5.41, 5.74) is 34.6. The zero-order valence-corrected chi connectivity index (χ0v) is 77.9. The Bertz CT molecular complexity index is 5350. The predicted octanol–water partition coefficient (Wildman–Crippen LogP) is 31.7. The first-order valence-electron chi connectivity index (χ1n) is 47.5. The first-order chi connectivity index (χ1) is 58.4. The third-order valence-corrected chi connectivity index (χ3v) is 32.9. The summed E-state index contributed by atoms with van der Waals surface area (Å²) in [6.07, 6.45) is 43.6. The molecule has 0 radical (unpaired) electrons. The average Bonchev–Trinajstić information content (AvgIpc) is 1.44. The molecule has 122 heavy (non-hydrogen) atoms. The van der Waals surface area contributed by atoms with Gasteiger partial charge >= 0.3 is 0 Å². The van der Waals surface area contributed by atoms with E-state index in [1.165, 1.54) is 197 Å². The first kappa shape index (κ1) is 87.3. The zero-order valence-electron chi connectivity index (χ0n) is 77.9. The molecule has 8 aromatic carbocycles. The number of ether oxygens (including phenoxy) is 4. The summed E-state index contributed by atoms with van der Waals surface area (Å²) < 4.78 is 24.1. The molecule has 9 unspecified atom stereocenters. The first-order valence-corrected chi connectivity index (χ1v) is 47.5. The Morgan fingerprint density at radius 3 is 1.25 bits per heavy atom. The lowest BCUT2D eigenvalue weighted by Gasteiger charge is -2.71. The van der Waals surface area contributed by atoms with Crippen molar-refractivity contribution < 1.29 is 18.9 Å². The standard InChI is InChI=1S/C44H48O.C38H50O.C36H46O2/c1-32-30-38-36(34-20-12-9-13-21-34)23-17-25-40(38)44(32)31-43(42(44,5)27-14-6-7-15-29-45-41(2,3)4)28-26-37-35(22-16-24-39(37)43)33-18-10-8-11-19-33;1-26-24-33-32(31-18-13-12-14-19-31)20-17-21-34(33)37(26)25-38(29(4)27(2)28(3)30(38)5)36(37,9)22-15-10-11-16-23-39-35(6,7)8;1-33(2,3)38-23-12-6-5-11-20-34(4)35(21-19-27-14-7-9-17-31(27)35)26-36(34)25-28(24-29-15-13-22-37-29)30-16-8-10-18-32(30)36/h8-13,16-26,28,30H,6-7,14-15,27,29,31H2,1-5H3;12-14,17-21,24H,10-11,15-16,22-23,25H2,1-9H3;7-10,14,16-19,21,25,29H,5-6,11-13,15,20,22-24,26H2,1-4H3. The van der Waals surface area contributed by atoms with E-state index in [4.69, 9.17) is 18.9 Å². The van der Waals surface area contributed by atoms with E-state index >= 15 is 0 Å². The van der Waals surface area contributed by atoms with Crippen LogP contribution < -0.4 is 0 Å². The molecule has 0 N–H and O–H groups in total. The number of benzene rings is 8. The Labute approximate surface area is 736 Å².